The van der Waals surface area contributed by atoms with Crippen LogP contribution >= 0.6 is 15.9 Å². The zero-order valence-electron chi connectivity index (χ0n) is 13.4. The van der Waals surface area contributed by atoms with E-state index in [2.05, 4.69) is 35.7 Å². The number of piperazine rings is 1. The third-order valence-corrected chi connectivity index (χ3v) is 4.91. The molecule has 8 heteroatoms. The highest BCUT2D eigenvalue weighted by molar-refractivity contribution is 9.10. The average Bonchev–Trinajstić information content (AvgIpc) is 3.11. The van der Waals surface area contributed by atoms with Crippen molar-refractivity contribution in [1.29, 1.82) is 0 Å². The first-order chi connectivity index (χ1) is 11.2. The number of carbonyl (C=O) groups is 1. The predicted molar refractivity (Wildman–Crippen MR) is 90.8 cm³/mol. The first kappa shape index (κ1) is 16.4. The molecule has 1 aromatic heterocycles. The summed E-state index contributed by atoms with van der Waals surface area (Å²) in [6, 6.07) is 0. The molecule has 3 rings (SSSR count). The molecule has 0 unspecified atom stereocenters. The minimum atomic E-state index is 0.262. The van der Waals surface area contributed by atoms with Crippen LogP contribution in [0.2, 0.25) is 0 Å². The molecule has 0 aliphatic carbocycles. The maximum Gasteiger partial charge on any atom is 0.236 e. The van der Waals surface area contributed by atoms with Gasteiger partial charge in [0.1, 0.15) is 0 Å². The van der Waals surface area contributed by atoms with E-state index in [0.29, 0.717) is 18.4 Å². The first-order valence-electron chi connectivity index (χ1n) is 7.99. The highest BCUT2D eigenvalue weighted by Gasteiger charge is 2.24. The summed E-state index contributed by atoms with van der Waals surface area (Å²) in [4.78, 5) is 27.3. The topological polar surface area (TPSA) is 61.8 Å². The van der Waals surface area contributed by atoms with Crippen molar-refractivity contribution in [2.75, 3.05) is 57.8 Å². The molecule has 0 spiro atoms. The van der Waals surface area contributed by atoms with Crippen LogP contribution in [0.15, 0.2) is 10.7 Å². The smallest absolute Gasteiger partial charge is 0.236 e. The second-order valence-electron chi connectivity index (χ2n) is 5.88. The molecule has 0 radical (unpaired) electrons. The Bertz CT molecular complexity index is 557. The molecule has 1 aromatic rings. The quantitative estimate of drug-likeness (QED) is 0.772. The van der Waals surface area contributed by atoms with E-state index >= 15 is 0 Å². The molecule has 23 heavy (non-hydrogen) atoms. The van der Waals surface area contributed by atoms with Gasteiger partial charge in [0.05, 0.1) is 24.3 Å². The van der Waals surface area contributed by atoms with Crippen LogP contribution in [0, 0.1) is 0 Å². The van der Waals surface area contributed by atoms with Crippen LogP contribution in [0.25, 0.3) is 0 Å². The van der Waals surface area contributed by atoms with Crippen molar-refractivity contribution >= 4 is 27.8 Å². The fraction of sp³-hybridized carbons (Fsp3) is 0.667. The second kappa shape index (κ2) is 7.44. The van der Waals surface area contributed by atoms with E-state index in [1.165, 1.54) is 0 Å². The van der Waals surface area contributed by atoms with Crippen molar-refractivity contribution < 1.29 is 9.53 Å². The van der Waals surface area contributed by atoms with Crippen LogP contribution < -0.4 is 9.64 Å². The number of carbonyl (C=O) groups excluding carboxylic acids is 1. The summed E-state index contributed by atoms with van der Waals surface area (Å²) in [5.41, 5.74) is 0. The molecular weight excluding hydrogens is 362 g/mol. The Morgan fingerprint density at radius 3 is 2.57 bits per heavy atom. The number of methoxy groups -OCH3 is 1. The zero-order valence-corrected chi connectivity index (χ0v) is 15.0. The van der Waals surface area contributed by atoms with E-state index in [1.807, 2.05) is 4.90 Å². The molecule has 0 atom stereocenters. The Labute approximate surface area is 144 Å². The van der Waals surface area contributed by atoms with E-state index < -0.39 is 0 Å². The van der Waals surface area contributed by atoms with E-state index in [9.17, 15) is 4.79 Å². The van der Waals surface area contributed by atoms with E-state index in [1.54, 1.807) is 13.3 Å². The van der Waals surface area contributed by atoms with Crippen molar-refractivity contribution in [3.05, 3.63) is 10.7 Å². The molecule has 3 heterocycles. The Morgan fingerprint density at radius 1 is 1.22 bits per heavy atom. The van der Waals surface area contributed by atoms with Crippen LogP contribution in [0.5, 0.6) is 5.88 Å². The maximum atomic E-state index is 12.2. The molecule has 0 N–H and O–H groups in total. The van der Waals surface area contributed by atoms with Gasteiger partial charge in [0.15, 0.2) is 0 Å². The number of rotatable bonds is 4. The minimum Gasteiger partial charge on any atom is -0.480 e. The maximum absolute atomic E-state index is 12.2. The average molecular weight is 384 g/mol. The van der Waals surface area contributed by atoms with Gasteiger partial charge in [-0.15, -0.1) is 0 Å². The first-order valence-corrected chi connectivity index (χ1v) is 8.78. The number of halogens is 1. The summed E-state index contributed by atoms with van der Waals surface area (Å²) in [5.74, 6) is 1.48. The summed E-state index contributed by atoms with van der Waals surface area (Å²) in [7, 11) is 1.60. The van der Waals surface area contributed by atoms with E-state index in [-0.39, 0.29) is 5.91 Å². The molecule has 2 fully saturated rings. The Balaban J connectivity index is 1.53. The third-order valence-electron chi connectivity index (χ3n) is 4.37. The Hall–Kier alpha value is -1.41. The largest absolute Gasteiger partial charge is 0.480 e. The van der Waals surface area contributed by atoms with Crippen LogP contribution in [-0.2, 0) is 4.79 Å². The van der Waals surface area contributed by atoms with Gasteiger partial charge in [-0.2, -0.15) is 4.98 Å². The highest BCUT2D eigenvalue weighted by Crippen LogP contribution is 2.23. The van der Waals surface area contributed by atoms with Gasteiger partial charge in [-0.1, -0.05) is 0 Å². The number of aromatic nitrogens is 2. The van der Waals surface area contributed by atoms with Gasteiger partial charge in [-0.3, -0.25) is 9.69 Å². The number of anilines is 1. The van der Waals surface area contributed by atoms with Crippen molar-refractivity contribution in [1.82, 2.24) is 19.8 Å². The predicted octanol–water partition coefficient (Wildman–Crippen LogP) is 0.992. The Morgan fingerprint density at radius 2 is 1.91 bits per heavy atom. The number of amides is 1. The zero-order chi connectivity index (χ0) is 16.2. The summed E-state index contributed by atoms with van der Waals surface area (Å²) in [6.45, 7) is 5.70. The molecule has 2 aliphatic heterocycles. The second-order valence-corrected chi connectivity index (χ2v) is 6.73. The van der Waals surface area contributed by atoms with Gasteiger partial charge < -0.3 is 14.5 Å². The SMILES string of the molecule is COc1nc(N2CCN(CC(=O)N3CCCC3)CC2)ncc1Br. The van der Waals surface area contributed by atoms with Crippen molar-refractivity contribution in [3.8, 4) is 5.88 Å². The molecule has 2 saturated heterocycles. The fourth-order valence-electron chi connectivity index (χ4n) is 3.00. The number of hydrogen-bond donors (Lipinski definition) is 0. The standard InChI is InChI=1S/C15H22BrN5O2/c1-23-14-12(16)10-17-15(18-14)21-8-6-19(7-9-21)11-13(22)20-4-2-3-5-20/h10H,2-9,11H2,1H3. The lowest BCUT2D eigenvalue weighted by molar-refractivity contribution is -0.131. The number of likely N-dealkylation sites (tertiary alicyclic amines) is 1. The highest BCUT2D eigenvalue weighted by atomic mass is 79.9. The lowest BCUT2D eigenvalue weighted by Gasteiger charge is -2.35. The molecule has 2 aliphatic rings. The normalized spacial score (nSPS) is 19.2. The summed E-state index contributed by atoms with van der Waals surface area (Å²) < 4.78 is 5.97. The number of ether oxygens (including phenoxy) is 1. The number of nitrogens with zero attached hydrogens (tertiary/aromatic N) is 5. The van der Waals surface area contributed by atoms with Crippen LogP contribution in [0.4, 0.5) is 5.95 Å². The monoisotopic (exact) mass is 383 g/mol. The summed E-state index contributed by atoms with van der Waals surface area (Å²) >= 11 is 3.36. The fourth-order valence-corrected chi connectivity index (χ4v) is 3.35. The molecule has 0 bridgehead atoms. The Kier molecular flexibility index (Phi) is 5.32. The van der Waals surface area contributed by atoms with Crippen molar-refractivity contribution in [2.45, 2.75) is 12.8 Å². The van der Waals surface area contributed by atoms with Crippen molar-refractivity contribution in [2.24, 2.45) is 0 Å². The minimum absolute atomic E-state index is 0.262. The lowest BCUT2D eigenvalue weighted by Crippen LogP contribution is -2.50. The molecule has 126 valence electrons. The van der Waals surface area contributed by atoms with Gasteiger partial charge in [0, 0.05) is 39.3 Å². The molecule has 7 nitrogen and oxygen atoms in total. The number of hydrogen-bond acceptors (Lipinski definition) is 6. The van der Waals surface area contributed by atoms with E-state index in [0.717, 1.165) is 56.6 Å². The molecule has 0 aromatic carbocycles. The van der Waals surface area contributed by atoms with Gasteiger partial charge >= 0.3 is 0 Å². The van der Waals surface area contributed by atoms with Crippen LogP contribution in [0.3, 0.4) is 0 Å². The lowest BCUT2D eigenvalue weighted by atomic mass is 10.3. The molecular formula is C15H22BrN5O2. The van der Waals surface area contributed by atoms with Gasteiger partial charge in [0.25, 0.3) is 0 Å². The van der Waals surface area contributed by atoms with E-state index in [4.69, 9.17) is 4.74 Å². The van der Waals surface area contributed by atoms with Gasteiger partial charge in [0.2, 0.25) is 17.7 Å². The van der Waals surface area contributed by atoms with Crippen molar-refractivity contribution in [3.63, 3.8) is 0 Å². The summed E-state index contributed by atoms with van der Waals surface area (Å²) in [6.07, 6.45) is 3.99. The third kappa shape index (κ3) is 3.92. The van der Waals surface area contributed by atoms with Crippen LogP contribution in [-0.4, -0.2) is 78.6 Å². The van der Waals surface area contributed by atoms with Crippen LogP contribution in [0.1, 0.15) is 12.8 Å². The molecule has 0 saturated carbocycles. The van der Waals surface area contributed by atoms with Gasteiger partial charge in [-0.05, 0) is 28.8 Å². The molecule has 1 amide bonds. The summed E-state index contributed by atoms with van der Waals surface area (Å²) in [5, 5.41) is 0. The van der Waals surface area contributed by atoms with Gasteiger partial charge in [-0.25, -0.2) is 4.98 Å².